The smallest absolute Gasteiger partial charge is 0.255 e. The van der Waals surface area contributed by atoms with Crippen molar-refractivity contribution in [2.24, 2.45) is 0 Å². The molecule has 7 heteroatoms. The minimum Gasteiger partial charge on any atom is -0.396 e. The molecule has 2 aromatic rings. The van der Waals surface area contributed by atoms with Gasteiger partial charge in [0, 0.05) is 19.0 Å². The van der Waals surface area contributed by atoms with Crippen LogP contribution in [0.3, 0.4) is 0 Å². The highest BCUT2D eigenvalue weighted by Gasteiger charge is 2.13. The van der Waals surface area contributed by atoms with Gasteiger partial charge in [-0.05, 0) is 62.2 Å². The van der Waals surface area contributed by atoms with Crippen molar-refractivity contribution >= 4 is 65.1 Å². The molecule has 2 aromatic carbocycles. The SMILES string of the molecule is Nc1cc(C(=O)Nc2c(Br)cc(Br)cc2Br)ccc1F. The number of carbonyl (C=O) groups is 1. The molecular weight excluding hydrogens is 459 g/mol. The maximum atomic E-state index is 13.1. The van der Waals surface area contributed by atoms with Crippen LogP contribution in [0.25, 0.3) is 0 Å². The monoisotopic (exact) mass is 464 g/mol. The van der Waals surface area contributed by atoms with E-state index in [9.17, 15) is 9.18 Å². The van der Waals surface area contributed by atoms with E-state index in [4.69, 9.17) is 5.73 Å². The molecule has 0 heterocycles. The highest BCUT2D eigenvalue weighted by molar-refractivity contribution is 9.11. The third-order valence-electron chi connectivity index (χ3n) is 2.50. The number of carbonyl (C=O) groups excluding carboxylic acids is 1. The second-order valence-electron chi connectivity index (χ2n) is 3.93. The lowest BCUT2D eigenvalue weighted by Crippen LogP contribution is -2.13. The molecule has 20 heavy (non-hydrogen) atoms. The first-order valence-electron chi connectivity index (χ1n) is 5.39. The topological polar surface area (TPSA) is 55.1 Å². The fraction of sp³-hybridized carbons (Fsp3) is 0. The van der Waals surface area contributed by atoms with E-state index in [0.717, 1.165) is 10.5 Å². The summed E-state index contributed by atoms with van der Waals surface area (Å²) in [5.74, 6) is -0.923. The van der Waals surface area contributed by atoms with Crippen LogP contribution in [0.2, 0.25) is 0 Å². The minimum atomic E-state index is -0.549. The molecule has 0 unspecified atom stereocenters. The maximum absolute atomic E-state index is 13.1. The molecule has 2 rings (SSSR count). The summed E-state index contributed by atoms with van der Waals surface area (Å²) in [7, 11) is 0. The summed E-state index contributed by atoms with van der Waals surface area (Å²) in [6.45, 7) is 0. The number of anilines is 2. The van der Waals surface area contributed by atoms with Crippen molar-refractivity contribution in [3.05, 3.63) is 55.1 Å². The van der Waals surface area contributed by atoms with Gasteiger partial charge in [0.15, 0.2) is 0 Å². The highest BCUT2D eigenvalue weighted by Crippen LogP contribution is 2.34. The van der Waals surface area contributed by atoms with Crippen molar-refractivity contribution in [1.82, 2.24) is 0 Å². The van der Waals surface area contributed by atoms with Gasteiger partial charge in [0.05, 0.1) is 11.4 Å². The Kier molecular flexibility index (Phi) is 4.82. The van der Waals surface area contributed by atoms with Crippen LogP contribution in [0.15, 0.2) is 43.7 Å². The van der Waals surface area contributed by atoms with Crippen molar-refractivity contribution in [3.63, 3.8) is 0 Å². The van der Waals surface area contributed by atoms with E-state index in [2.05, 4.69) is 53.1 Å². The van der Waals surface area contributed by atoms with E-state index in [-0.39, 0.29) is 17.2 Å². The maximum Gasteiger partial charge on any atom is 0.255 e. The number of hydrogen-bond donors (Lipinski definition) is 2. The van der Waals surface area contributed by atoms with Gasteiger partial charge >= 0.3 is 0 Å². The van der Waals surface area contributed by atoms with E-state index in [0.29, 0.717) is 14.6 Å². The predicted molar refractivity (Wildman–Crippen MR) is 88.3 cm³/mol. The molecule has 0 saturated heterocycles. The fourth-order valence-electron chi connectivity index (χ4n) is 1.53. The average molecular weight is 467 g/mol. The van der Waals surface area contributed by atoms with Gasteiger partial charge in [-0.15, -0.1) is 0 Å². The molecule has 0 saturated carbocycles. The van der Waals surface area contributed by atoms with Crippen molar-refractivity contribution in [2.75, 3.05) is 11.1 Å². The lowest BCUT2D eigenvalue weighted by Gasteiger charge is -2.11. The number of amides is 1. The van der Waals surface area contributed by atoms with Gasteiger partial charge in [-0.25, -0.2) is 4.39 Å². The average Bonchev–Trinajstić information content (AvgIpc) is 2.36. The summed E-state index contributed by atoms with van der Waals surface area (Å²) < 4.78 is 15.4. The zero-order chi connectivity index (χ0) is 14.9. The Morgan fingerprint density at radius 3 is 2.25 bits per heavy atom. The molecule has 0 aliphatic carbocycles. The number of nitrogen functional groups attached to an aromatic ring is 1. The molecule has 104 valence electrons. The van der Waals surface area contributed by atoms with Gasteiger partial charge in [0.25, 0.3) is 5.91 Å². The van der Waals surface area contributed by atoms with Crippen LogP contribution in [-0.2, 0) is 0 Å². The van der Waals surface area contributed by atoms with Crippen LogP contribution in [0, 0.1) is 5.82 Å². The summed E-state index contributed by atoms with van der Waals surface area (Å²) in [4.78, 5) is 12.1. The van der Waals surface area contributed by atoms with Gasteiger partial charge < -0.3 is 11.1 Å². The van der Waals surface area contributed by atoms with Gasteiger partial charge in [-0.3, -0.25) is 4.79 Å². The Morgan fingerprint density at radius 1 is 1.10 bits per heavy atom. The van der Waals surface area contributed by atoms with Crippen LogP contribution in [0.4, 0.5) is 15.8 Å². The molecule has 1 amide bonds. The first kappa shape index (κ1) is 15.5. The molecule has 0 aromatic heterocycles. The first-order valence-corrected chi connectivity index (χ1v) is 7.77. The van der Waals surface area contributed by atoms with E-state index < -0.39 is 5.82 Å². The largest absolute Gasteiger partial charge is 0.396 e. The molecule has 3 N–H and O–H groups in total. The quantitative estimate of drug-likeness (QED) is 0.615. The van der Waals surface area contributed by atoms with Crippen LogP contribution >= 0.6 is 47.8 Å². The van der Waals surface area contributed by atoms with Gasteiger partial charge in [0.2, 0.25) is 0 Å². The molecular formula is C13H8Br3FN2O. The van der Waals surface area contributed by atoms with Crippen molar-refractivity contribution in [1.29, 1.82) is 0 Å². The molecule has 0 radical (unpaired) electrons. The molecule has 0 aliphatic rings. The third kappa shape index (κ3) is 3.39. The Balaban J connectivity index is 2.30. The lowest BCUT2D eigenvalue weighted by molar-refractivity contribution is 0.102. The van der Waals surface area contributed by atoms with Crippen LogP contribution in [-0.4, -0.2) is 5.91 Å². The van der Waals surface area contributed by atoms with E-state index in [1.165, 1.54) is 12.1 Å². The predicted octanol–water partition coefficient (Wildman–Crippen LogP) is 4.95. The third-order valence-corrected chi connectivity index (χ3v) is 4.21. The Hall–Kier alpha value is -0.920. The Bertz CT molecular complexity index is 668. The normalized spacial score (nSPS) is 10.4. The number of rotatable bonds is 2. The molecule has 0 spiro atoms. The Labute approximate surface area is 140 Å². The second kappa shape index (κ2) is 6.24. The van der Waals surface area contributed by atoms with Crippen molar-refractivity contribution in [3.8, 4) is 0 Å². The van der Waals surface area contributed by atoms with Gasteiger partial charge in [-0.2, -0.15) is 0 Å². The zero-order valence-electron chi connectivity index (χ0n) is 9.88. The second-order valence-corrected chi connectivity index (χ2v) is 6.56. The number of benzene rings is 2. The minimum absolute atomic E-state index is 0.0633. The lowest BCUT2D eigenvalue weighted by atomic mass is 10.2. The number of nitrogens with one attached hydrogen (secondary N) is 1. The zero-order valence-corrected chi connectivity index (χ0v) is 14.6. The fourth-order valence-corrected chi connectivity index (χ4v) is 3.99. The van der Waals surface area contributed by atoms with E-state index >= 15 is 0 Å². The standard InChI is InChI=1S/C13H8Br3FN2O/c14-7-4-8(15)12(9(16)5-7)19-13(20)6-1-2-10(17)11(18)3-6/h1-5H,18H2,(H,19,20). The van der Waals surface area contributed by atoms with Crippen molar-refractivity contribution in [2.45, 2.75) is 0 Å². The highest BCUT2D eigenvalue weighted by atomic mass is 79.9. The van der Waals surface area contributed by atoms with Crippen LogP contribution < -0.4 is 11.1 Å². The summed E-state index contributed by atoms with van der Waals surface area (Å²) in [6.07, 6.45) is 0. The number of halogens is 4. The molecule has 0 bridgehead atoms. The first-order chi connectivity index (χ1) is 9.38. The van der Waals surface area contributed by atoms with Crippen LogP contribution in [0.5, 0.6) is 0 Å². The van der Waals surface area contributed by atoms with Gasteiger partial charge in [-0.1, -0.05) is 15.9 Å². The summed E-state index contributed by atoms with van der Waals surface area (Å²) >= 11 is 10.1. The van der Waals surface area contributed by atoms with Crippen LogP contribution in [0.1, 0.15) is 10.4 Å². The van der Waals surface area contributed by atoms with E-state index in [1.54, 1.807) is 12.1 Å². The number of nitrogens with two attached hydrogens (primary N) is 1. The van der Waals surface area contributed by atoms with Gasteiger partial charge in [0.1, 0.15) is 5.82 Å². The summed E-state index contributed by atoms with van der Waals surface area (Å²) in [6, 6.07) is 7.45. The molecule has 0 fully saturated rings. The summed E-state index contributed by atoms with van der Waals surface area (Å²) in [5, 5.41) is 2.74. The Morgan fingerprint density at radius 2 is 1.70 bits per heavy atom. The molecule has 0 aliphatic heterocycles. The van der Waals surface area contributed by atoms with E-state index in [1.807, 2.05) is 0 Å². The van der Waals surface area contributed by atoms with Crippen molar-refractivity contribution < 1.29 is 9.18 Å². The molecule has 0 atom stereocenters. The summed E-state index contributed by atoms with van der Waals surface area (Å²) in [5.41, 5.74) is 6.26. The number of hydrogen-bond acceptors (Lipinski definition) is 2. The molecule has 3 nitrogen and oxygen atoms in total.